The fourth-order valence-electron chi connectivity index (χ4n) is 3.56. The van der Waals surface area contributed by atoms with Crippen molar-refractivity contribution in [2.75, 3.05) is 19.2 Å². The first-order chi connectivity index (χ1) is 15.0. The van der Waals surface area contributed by atoms with Crippen LogP contribution in [0.3, 0.4) is 0 Å². The van der Waals surface area contributed by atoms with Crippen LogP contribution in [0, 0.1) is 0 Å². The number of nitrogens with zero attached hydrogens (tertiary/aromatic N) is 4. The monoisotopic (exact) mass is 418 g/mol. The van der Waals surface area contributed by atoms with Gasteiger partial charge in [-0.1, -0.05) is 25.1 Å². The maximum Gasteiger partial charge on any atom is 0.297 e. The van der Waals surface area contributed by atoms with Crippen LogP contribution in [0.25, 0.3) is 17.0 Å². The molecule has 2 heterocycles. The minimum absolute atomic E-state index is 0.215. The number of aliphatic imine (C=N–C) groups is 1. The predicted molar refractivity (Wildman–Crippen MR) is 119 cm³/mol. The number of benzene rings is 2. The maximum absolute atomic E-state index is 13.3. The molecule has 0 radical (unpaired) electrons. The lowest BCUT2D eigenvalue weighted by molar-refractivity contribution is -0.115. The van der Waals surface area contributed by atoms with E-state index in [1.54, 1.807) is 63.6 Å². The van der Waals surface area contributed by atoms with Crippen molar-refractivity contribution in [3.63, 3.8) is 0 Å². The first-order valence-electron chi connectivity index (χ1n) is 9.83. The first kappa shape index (κ1) is 20.3. The van der Waals surface area contributed by atoms with Crippen molar-refractivity contribution in [2.24, 2.45) is 4.99 Å². The van der Waals surface area contributed by atoms with Gasteiger partial charge >= 0.3 is 0 Å². The lowest BCUT2D eigenvalue weighted by Gasteiger charge is -2.21. The average molecular weight is 418 g/mol. The number of hydrogen-bond donors (Lipinski definition) is 0. The molecule has 0 aliphatic carbocycles. The number of ether oxygens (including phenoxy) is 2. The largest absolute Gasteiger partial charge is 0.493 e. The van der Waals surface area contributed by atoms with Gasteiger partial charge in [-0.3, -0.25) is 9.59 Å². The number of aromatic nitrogens is 2. The van der Waals surface area contributed by atoms with Crippen molar-refractivity contribution in [3.8, 4) is 11.5 Å². The van der Waals surface area contributed by atoms with Crippen LogP contribution >= 0.6 is 0 Å². The number of amidine groups is 1. The van der Waals surface area contributed by atoms with Gasteiger partial charge in [0, 0.05) is 6.42 Å². The molecule has 8 heteroatoms. The van der Waals surface area contributed by atoms with Crippen molar-refractivity contribution >= 4 is 28.7 Å². The zero-order valence-electron chi connectivity index (χ0n) is 17.7. The van der Waals surface area contributed by atoms with Gasteiger partial charge in [0.1, 0.15) is 17.4 Å². The fraction of sp³-hybridized carbons (Fsp3) is 0.217. The molecule has 8 nitrogen and oxygen atoms in total. The van der Waals surface area contributed by atoms with Crippen LogP contribution in [0.1, 0.15) is 25.2 Å². The Morgan fingerprint density at radius 3 is 2.48 bits per heavy atom. The number of hydrogen-bond acceptors (Lipinski definition) is 6. The van der Waals surface area contributed by atoms with Crippen molar-refractivity contribution in [1.82, 2.24) is 9.66 Å². The van der Waals surface area contributed by atoms with E-state index in [2.05, 4.69) is 9.98 Å². The highest BCUT2D eigenvalue weighted by atomic mass is 16.5. The highest BCUT2D eigenvalue weighted by molar-refractivity contribution is 6.23. The van der Waals surface area contributed by atoms with Crippen LogP contribution in [0.15, 0.2) is 57.9 Å². The van der Waals surface area contributed by atoms with Crippen LogP contribution < -0.4 is 20.0 Å². The topological polar surface area (TPSA) is 86.0 Å². The van der Waals surface area contributed by atoms with E-state index in [1.807, 2.05) is 13.0 Å². The van der Waals surface area contributed by atoms with Gasteiger partial charge in [-0.2, -0.15) is 9.69 Å². The third-order valence-corrected chi connectivity index (χ3v) is 5.05. The normalized spacial score (nSPS) is 15.0. The van der Waals surface area contributed by atoms with Gasteiger partial charge in [-0.05, 0) is 42.8 Å². The molecule has 0 bridgehead atoms. The summed E-state index contributed by atoms with van der Waals surface area (Å²) in [6.07, 6.45) is 2.13. The molecule has 2 aromatic carbocycles. The van der Waals surface area contributed by atoms with Crippen molar-refractivity contribution in [3.05, 3.63) is 69.9 Å². The number of para-hydroxylation sites is 1. The summed E-state index contributed by atoms with van der Waals surface area (Å²) in [6, 6.07) is 12.4. The molecule has 1 aromatic heterocycles. The molecular formula is C23H22N4O4. The van der Waals surface area contributed by atoms with Crippen LogP contribution in [0.4, 0.5) is 0 Å². The third-order valence-electron chi connectivity index (χ3n) is 5.05. The molecule has 158 valence electrons. The van der Waals surface area contributed by atoms with Crippen LogP contribution in [0.2, 0.25) is 0 Å². The van der Waals surface area contributed by atoms with Crippen LogP contribution in [-0.4, -0.2) is 35.6 Å². The Labute approximate surface area is 179 Å². The molecule has 0 saturated heterocycles. The Morgan fingerprint density at radius 1 is 1.03 bits per heavy atom. The minimum Gasteiger partial charge on any atom is -0.493 e. The Kier molecular flexibility index (Phi) is 5.29. The Bertz CT molecular complexity index is 1310. The highest BCUT2D eigenvalue weighted by Gasteiger charge is 2.32. The Balaban J connectivity index is 1.80. The second kappa shape index (κ2) is 8.06. The summed E-state index contributed by atoms with van der Waals surface area (Å²) < 4.78 is 11.9. The number of carbonyl (C=O) groups excluding carboxylic acids is 1. The molecule has 0 spiro atoms. The smallest absolute Gasteiger partial charge is 0.297 e. The number of carbonyl (C=O) groups is 1. The standard InChI is InChI=1S/C23H22N4O4/c1-5-21-25-17-9-7-6-8-16(17)22(28)27(21)26-14(2)24-18(23(26)29)12-15-10-11-19(30-3)20(13-15)31-4/h6-13H,5H2,1-4H3/b18-12+. The van der Waals surface area contributed by atoms with Crippen molar-refractivity contribution < 1.29 is 14.3 Å². The average Bonchev–Trinajstić information content (AvgIpc) is 3.06. The lowest BCUT2D eigenvalue weighted by Crippen LogP contribution is -2.48. The van der Waals surface area contributed by atoms with E-state index in [0.717, 1.165) is 5.56 Å². The van der Waals surface area contributed by atoms with Gasteiger partial charge in [-0.15, -0.1) is 0 Å². The van der Waals surface area contributed by atoms with Crippen LogP contribution in [-0.2, 0) is 11.2 Å². The summed E-state index contributed by atoms with van der Waals surface area (Å²) in [5, 5.41) is 1.73. The number of rotatable bonds is 5. The molecule has 1 aliphatic rings. The summed E-state index contributed by atoms with van der Waals surface area (Å²) in [4.78, 5) is 35.5. The van der Waals surface area contributed by atoms with E-state index in [-0.39, 0.29) is 11.3 Å². The molecule has 3 aromatic rings. The molecule has 0 atom stereocenters. The summed E-state index contributed by atoms with van der Waals surface area (Å²) in [5.41, 5.74) is 1.23. The van der Waals surface area contributed by atoms with Gasteiger partial charge in [-0.25, -0.2) is 9.98 Å². The van der Waals surface area contributed by atoms with E-state index in [1.165, 1.54) is 9.69 Å². The summed E-state index contributed by atoms with van der Waals surface area (Å²) in [7, 11) is 3.10. The second-order valence-corrected chi connectivity index (χ2v) is 6.94. The fourth-order valence-corrected chi connectivity index (χ4v) is 3.56. The SMILES string of the molecule is CCc1nc2ccccc2c(=O)n1N1C(=O)/C(=C\c2ccc(OC)c(OC)c2)N=C1C. The number of fused-ring (bicyclic) bond motifs is 1. The maximum atomic E-state index is 13.3. The molecule has 1 aliphatic heterocycles. The van der Waals surface area contributed by atoms with Crippen molar-refractivity contribution in [2.45, 2.75) is 20.3 Å². The Hall–Kier alpha value is -3.94. The zero-order chi connectivity index (χ0) is 22.1. The van der Waals surface area contributed by atoms with Gasteiger partial charge in [0.2, 0.25) is 0 Å². The molecule has 0 saturated carbocycles. The number of amides is 1. The van der Waals surface area contributed by atoms with Crippen molar-refractivity contribution in [1.29, 1.82) is 0 Å². The second-order valence-electron chi connectivity index (χ2n) is 6.94. The summed E-state index contributed by atoms with van der Waals surface area (Å²) in [6.45, 7) is 3.58. The molecule has 0 unspecified atom stereocenters. The molecular weight excluding hydrogens is 396 g/mol. The lowest BCUT2D eigenvalue weighted by atomic mass is 10.1. The minimum atomic E-state index is -0.402. The predicted octanol–water partition coefficient (Wildman–Crippen LogP) is 2.91. The van der Waals surface area contributed by atoms with Gasteiger partial charge in [0.05, 0.1) is 25.1 Å². The quantitative estimate of drug-likeness (QED) is 0.595. The van der Waals surface area contributed by atoms with Gasteiger partial charge in [0.25, 0.3) is 11.5 Å². The van der Waals surface area contributed by atoms with Crippen LogP contribution in [0.5, 0.6) is 11.5 Å². The van der Waals surface area contributed by atoms with E-state index in [4.69, 9.17) is 9.47 Å². The first-order valence-corrected chi connectivity index (χ1v) is 9.83. The third kappa shape index (κ3) is 3.46. The molecule has 4 rings (SSSR count). The van der Waals surface area contributed by atoms with E-state index in [0.29, 0.717) is 40.5 Å². The number of aryl methyl sites for hydroxylation is 1. The van der Waals surface area contributed by atoms with Gasteiger partial charge < -0.3 is 9.47 Å². The Morgan fingerprint density at radius 2 is 1.77 bits per heavy atom. The molecule has 31 heavy (non-hydrogen) atoms. The zero-order valence-corrected chi connectivity index (χ0v) is 17.7. The van der Waals surface area contributed by atoms with E-state index in [9.17, 15) is 9.59 Å². The van der Waals surface area contributed by atoms with Gasteiger partial charge in [0.15, 0.2) is 11.5 Å². The molecule has 0 fully saturated rings. The number of methoxy groups -OCH3 is 2. The van der Waals surface area contributed by atoms with E-state index >= 15 is 0 Å². The summed E-state index contributed by atoms with van der Waals surface area (Å²) >= 11 is 0. The molecule has 1 amide bonds. The molecule has 0 N–H and O–H groups in total. The highest BCUT2D eigenvalue weighted by Crippen LogP contribution is 2.29. The summed E-state index contributed by atoms with van der Waals surface area (Å²) in [5.74, 6) is 1.61. The van der Waals surface area contributed by atoms with E-state index < -0.39 is 5.91 Å².